The fourth-order valence-corrected chi connectivity index (χ4v) is 1.39. The van der Waals surface area contributed by atoms with Crippen LogP contribution in [0.25, 0.3) is 6.08 Å². The molecule has 1 aromatic carbocycles. The first kappa shape index (κ1) is 27.6. The first-order valence-corrected chi connectivity index (χ1v) is 9.48. The molecule has 0 spiro atoms. The normalized spacial score (nSPS) is 9.07. The van der Waals surface area contributed by atoms with E-state index >= 15 is 0 Å². The predicted molar refractivity (Wildman–Crippen MR) is 118 cm³/mol. The topological polar surface area (TPSA) is 52.6 Å². The van der Waals surface area contributed by atoms with Crippen molar-refractivity contribution in [2.24, 2.45) is 5.92 Å². The van der Waals surface area contributed by atoms with Crippen molar-refractivity contribution in [1.29, 1.82) is 0 Å². The highest BCUT2D eigenvalue weighted by atomic mass is 16.5. The van der Waals surface area contributed by atoms with Crippen LogP contribution in [0.1, 0.15) is 53.0 Å². The lowest BCUT2D eigenvalue weighted by molar-refractivity contribution is -0.140. The van der Waals surface area contributed by atoms with E-state index in [1.165, 1.54) is 5.56 Å². The maximum atomic E-state index is 10.7. The maximum Gasteiger partial charge on any atom is 0.333 e. The molecule has 1 aromatic rings. The summed E-state index contributed by atoms with van der Waals surface area (Å²) in [5.74, 6) is -0.189. The van der Waals surface area contributed by atoms with E-state index in [2.05, 4.69) is 26.7 Å². The Labute approximate surface area is 170 Å². The second-order valence-electron chi connectivity index (χ2n) is 6.66. The Bertz CT molecular complexity index is 600. The number of carbonyl (C=O) groups is 2. The molecule has 0 unspecified atom stereocenters. The summed E-state index contributed by atoms with van der Waals surface area (Å²) in [5, 5.41) is 0. The zero-order chi connectivity index (χ0) is 21.9. The van der Waals surface area contributed by atoms with Gasteiger partial charge in [0.15, 0.2) is 0 Å². The Balaban J connectivity index is 0. The van der Waals surface area contributed by atoms with Crippen LogP contribution in [0.4, 0.5) is 0 Å². The van der Waals surface area contributed by atoms with Gasteiger partial charge < -0.3 is 9.47 Å². The standard InChI is InChI=1S/2C8H14O2.C8H8/c1-6(2)5-10-8(9)7(3)4;1-4-5-6-10-8(9)7(2)3;1-2-8-6-4-3-5-7-8/h6H,3,5H2,1-2,4H3;2,4-6H2,1,3H3;2-7H,1H2. The minimum atomic E-state index is -0.297. The molecule has 0 amide bonds. The van der Waals surface area contributed by atoms with E-state index in [1.54, 1.807) is 13.8 Å². The van der Waals surface area contributed by atoms with Crippen molar-refractivity contribution in [2.45, 2.75) is 47.5 Å². The first-order chi connectivity index (χ1) is 13.1. The molecule has 0 saturated carbocycles. The van der Waals surface area contributed by atoms with Crippen LogP contribution < -0.4 is 0 Å². The van der Waals surface area contributed by atoms with Gasteiger partial charge >= 0.3 is 11.9 Å². The second kappa shape index (κ2) is 17.8. The molecule has 4 nitrogen and oxygen atoms in total. The summed E-state index contributed by atoms with van der Waals surface area (Å²) in [6.45, 7) is 20.9. The third-order valence-electron chi connectivity index (χ3n) is 3.01. The number of unbranched alkanes of at least 4 members (excludes halogenated alkanes) is 1. The van der Waals surface area contributed by atoms with Crippen molar-refractivity contribution in [2.75, 3.05) is 13.2 Å². The zero-order valence-corrected chi connectivity index (χ0v) is 18.1. The molecular weight excluding hydrogens is 352 g/mol. The van der Waals surface area contributed by atoms with E-state index in [1.807, 2.05) is 50.3 Å². The molecule has 0 aliphatic carbocycles. The number of esters is 2. The van der Waals surface area contributed by atoms with Crippen LogP contribution in [0, 0.1) is 5.92 Å². The lowest BCUT2D eigenvalue weighted by Gasteiger charge is -2.05. The van der Waals surface area contributed by atoms with E-state index in [-0.39, 0.29) is 11.9 Å². The molecule has 0 atom stereocenters. The number of hydrogen-bond donors (Lipinski definition) is 0. The monoisotopic (exact) mass is 388 g/mol. The van der Waals surface area contributed by atoms with Crippen LogP contribution in [0.5, 0.6) is 0 Å². The Morgan fingerprint density at radius 1 is 1.00 bits per heavy atom. The molecule has 0 saturated heterocycles. The van der Waals surface area contributed by atoms with E-state index < -0.39 is 0 Å². The number of benzene rings is 1. The first-order valence-electron chi connectivity index (χ1n) is 9.48. The highest BCUT2D eigenvalue weighted by Gasteiger charge is 2.03. The van der Waals surface area contributed by atoms with Crippen LogP contribution >= 0.6 is 0 Å². The Hall–Kier alpha value is -2.62. The van der Waals surface area contributed by atoms with Gasteiger partial charge in [0.1, 0.15) is 0 Å². The molecule has 28 heavy (non-hydrogen) atoms. The highest BCUT2D eigenvalue weighted by Crippen LogP contribution is 1.98. The number of hydrogen-bond acceptors (Lipinski definition) is 4. The van der Waals surface area contributed by atoms with Crippen molar-refractivity contribution in [1.82, 2.24) is 0 Å². The zero-order valence-electron chi connectivity index (χ0n) is 18.1. The van der Waals surface area contributed by atoms with Gasteiger partial charge in [-0.1, -0.05) is 83.3 Å². The molecule has 4 heteroatoms. The van der Waals surface area contributed by atoms with E-state index in [9.17, 15) is 9.59 Å². The van der Waals surface area contributed by atoms with Crippen molar-refractivity contribution < 1.29 is 19.1 Å². The average Bonchev–Trinajstić information content (AvgIpc) is 2.67. The maximum absolute atomic E-state index is 10.7. The summed E-state index contributed by atoms with van der Waals surface area (Å²) in [6.07, 6.45) is 3.81. The fraction of sp³-hybridized carbons (Fsp3) is 0.417. The van der Waals surface area contributed by atoms with Gasteiger partial charge in [-0.15, -0.1) is 0 Å². The summed E-state index contributed by atoms with van der Waals surface area (Å²) in [4.78, 5) is 21.4. The molecule has 0 N–H and O–H groups in total. The molecule has 156 valence electrons. The summed E-state index contributed by atoms with van der Waals surface area (Å²) in [6, 6.07) is 10.0. The lowest BCUT2D eigenvalue weighted by atomic mass is 10.2. The van der Waals surface area contributed by atoms with Crippen LogP contribution in [0.15, 0.2) is 61.2 Å². The molecule has 0 aliphatic heterocycles. The summed E-state index contributed by atoms with van der Waals surface area (Å²) < 4.78 is 9.63. The lowest BCUT2D eigenvalue weighted by Crippen LogP contribution is -2.09. The average molecular weight is 389 g/mol. The van der Waals surface area contributed by atoms with E-state index in [0.717, 1.165) is 12.8 Å². The molecule has 1 rings (SSSR count). The molecule has 0 aliphatic rings. The van der Waals surface area contributed by atoms with Gasteiger partial charge in [-0.2, -0.15) is 0 Å². The van der Waals surface area contributed by atoms with Gasteiger partial charge in [0.2, 0.25) is 0 Å². The third-order valence-corrected chi connectivity index (χ3v) is 3.01. The summed E-state index contributed by atoms with van der Waals surface area (Å²) >= 11 is 0. The Morgan fingerprint density at radius 2 is 1.50 bits per heavy atom. The number of ether oxygens (including phenoxy) is 2. The van der Waals surface area contributed by atoms with Crippen molar-refractivity contribution >= 4 is 18.0 Å². The van der Waals surface area contributed by atoms with Crippen LogP contribution in [0.3, 0.4) is 0 Å². The fourth-order valence-electron chi connectivity index (χ4n) is 1.39. The summed E-state index contributed by atoms with van der Waals surface area (Å²) in [5.41, 5.74) is 2.10. The highest BCUT2D eigenvalue weighted by molar-refractivity contribution is 5.87. The van der Waals surface area contributed by atoms with Gasteiger partial charge in [-0.05, 0) is 31.7 Å². The van der Waals surface area contributed by atoms with Crippen molar-refractivity contribution in [3.8, 4) is 0 Å². The van der Waals surface area contributed by atoms with Gasteiger partial charge in [0, 0.05) is 11.1 Å². The number of carbonyl (C=O) groups excluding carboxylic acids is 2. The Morgan fingerprint density at radius 3 is 1.86 bits per heavy atom. The van der Waals surface area contributed by atoms with E-state index in [0.29, 0.717) is 30.3 Å². The predicted octanol–water partition coefficient (Wildman–Crippen LogP) is 6.00. The third kappa shape index (κ3) is 18.2. The smallest absolute Gasteiger partial charge is 0.333 e. The number of rotatable bonds is 8. The SMILES string of the molecule is C=C(C)C(=O)OCC(C)C.C=C(C)C(=O)OCCCC.C=Cc1ccccc1. The minimum Gasteiger partial charge on any atom is -0.462 e. The quantitative estimate of drug-likeness (QED) is 0.311. The molecule has 0 bridgehead atoms. The molecule has 0 aromatic heterocycles. The van der Waals surface area contributed by atoms with Crippen molar-refractivity contribution in [3.63, 3.8) is 0 Å². The second-order valence-corrected chi connectivity index (χ2v) is 6.66. The van der Waals surface area contributed by atoms with Crippen LogP contribution in [-0.2, 0) is 19.1 Å². The Kier molecular flexibility index (Phi) is 17.5. The summed E-state index contributed by atoms with van der Waals surface area (Å²) in [7, 11) is 0. The van der Waals surface area contributed by atoms with Crippen molar-refractivity contribution in [3.05, 3.63) is 66.8 Å². The van der Waals surface area contributed by atoms with Crippen LogP contribution in [0.2, 0.25) is 0 Å². The van der Waals surface area contributed by atoms with Crippen LogP contribution in [-0.4, -0.2) is 25.2 Å². The molecule has 0 fully saturated rings. The molecule has 0 heterocycles. The van der Waals surface area contributed by atoms with Gasteiger partial charge in [0.05, 0.1) is 13.2 Å². The van der Waals surface area contributed by atoms with Gasteiger partial charge in [0.25, 0.3) is 0 Å². The molecule has 0 radical (unpaired) electrons. The largest absolute Gasteiger partial charge is 0.462 e. The van der Waals surface area contributed by atoms with Gasteiger partial charge in [-0.25, -0.2) is 9.59 Å². The molecular formula is C24H36O4. The van der Waals surface area contributed by atoms with E-state index in [4.69, 9.17) is 9.47 Å². The minimum absolute atomic E-state index is 0.284. The van der Waals surface area contributed by atoms with Gasteiger partial charge in [-0.3, -0.25) is 0 Å².